The molecular formula is C24H28N2O6. The zero-order valence-electron chi connectivity index (χ0n) is 18.9. The number of hydrogen-bond donors (Lipinski definition) is 0. The molecule has 170 valence electrons. The average Bonchev–Trinajstić information content (AvgIpc) is 2.75. The van der Waals surface area contributed by atoms with E-state index in [0.29, 0.717) is 48.7 Å². The number of likely N-dealkylation sites (tertiary alicyclic amines) is 1. The van der Waals surface area contributed by atoms with Gasteiger partial charge in [0.2, 0.25) is 11.7 Å². The molecule has 0 N–H and O–H groups in total. The highest BCUT2D eigenvalue weighted by Crippen LogP contribution is 2.47. The number of Topliss-reactive ketones (excluding diaryl/α,β-unsaturated/α-hetero) is 1. The van der Waals surface area contributed by atoms with Crippen LogP contribution < -0.4 is 19.6 Å². The Balaban J connectivity index is 1.50. The Morgan fingerprint density at radius 2 is 1.72 bits per heavy atom. The minimum absolute atomic E-state index is 0.00601. The molecule has 0 radical (unpaired) electrons. The summed E-state index contributed by atoms with van der Waals surface area (Å²) in [7, 11) is 3.07. The Hall–Kier alpha value is -3.29. The maximum absolute atomic E-state index is 13.0. The molecule has 0 saturated carbocycles. The largest absolute Gasteiger partial charge is 0.493 e. The van der Waals surface area contributed by atoms with Gasteiger partial charge < -0.3 is 23.7 Å². The van der Waals surface area contributed by atoms with Gasteiger partial charge in [0, 0.05) is 49.5 Å². The van der Waals surface area contributed by atoms with E-state index in [4.69, 9.17) is 14.2 Å². The molecule has 1 spiro atoms. The summed E-state index contributed by atoms with van der Waals surface area (Å²) in [4.78, 5) is 39.3. The predicted octanol–water partition coefficient (Wildman–Crippen LogP) is 2.51. The number of nitrogens with zero attached hydrogens (tertiary/aromatic N) is 2. The van der Waals surface area contributed by atoms with E-state index in [2.05, 4.69) is 0 Å². The van der Waals surface area contributed by atoms with E-state index >= 15 is 0 Å². The van der Waals surface area contributed by atoms with Crippen LogP contribution in [0.3, 0.4) is 0 Å². The summed E-state index contributed by atoms with van der Waals surface area (Å²) in [5.74, 6) is 1.33. The zero-order valence-corrected chi connectivity index (χ0v) is 18.9. The summed E-state index contributed by atoms with van der Waals surface area (Å²) in [5, 5.41) is 0. The highest BCUT2D eigenvalue weighted by molar-refractivity contribution is 6.01. The van der Waals surface area contributed by atoms with Gasteiger partial charge in [-0.15, -0.1) is 0 Å². The molecule has 32 heavy (non-hydrogen) atoms. The fourth-order valence-corrected chi connectivity index (χ4v) is 4.67. The number of ketones is 1. The summed E-state index contributed by atoms with van der Waals surface area (Å²) in [6, 6.07) is 6.48. The van der Waals surface area contributed by atoms with Crippen molar-refractivity contribution in [2.24, 2.45) is 0 Å². The first-order valence-electron chi connectivity index (χ1n) is 10.7. The first-order valence-corrected chi connectivity index (χ1v) is 10.7. The lowest BCUT2D eigenvalue weighted by atomic mass is 9.82. The maximum Gasteiger partial charge on any atom is 0.242 e. The average molecular weight is 440 g/mol. The van der Waals surface area contributed by atoms with Crippen LogP contribution in [0, 0.1) is 13.8 Å². The van der Waals surface area contributed by atoms with Crippen LogP contribution in [0.15, 0.2) is 29.1 Å². The second-order valence-corrected chi connectivity index (χ2v) is 8.50. The van der Waals surface area contributed by atoms with Gasteiger partial charge in [0.1, 0.15) is 12.1 Å². The van der Waals surface area contributed by atoms with Crippen LogP contribution in [0.4, 0.5) is 0 Å². The van der Waals surface area contributed by atoms with Gasteiger partial charge in [-0.05, 0) is 26.0 Å². The number of ether oxygens (including phenoxy) is 3. The minimum Gasteiger partial charge on any atom is -0.493 e. The van der Waals surface area contributed by atoms with Crippen molar-refractivity contribution in [1.29, 1.82) is 0 Å². The third kappa shape index (κ3) is 3.85. The maximum atomic E-state index is 13.0. The number of amides is 1. The number of fused-ring (bicyclic) bond motifs is 1. The Morgan fingerprint density at radius 3 is 2.31 bits per heavy atom. The number of rotatable bonds is 4. The quantitative estimate of drug-likeness (QED) is 0.726. The van der Waals surface area contributed by atoms with Crippen LogP contribution >= 0.6 is 0 Å². The molecule has 1 aromatic carbocycles. The molecule has 3 heterocycles. The zero-order chi connectivity index (χ0) is 23.0. The van der Waals surface area contributed by atoms with Crippen LogP contribution in [-0.4, -0.2) is 54.1 Å². The highest BCUT2D eigenvalue weighted by atomic mass is 16.5. The number of piperidine rings is 1. The fourth-order valence-electron chi connectivity index (χ4n) is 4.67. The van der Waals surface area contributed by atoms with Crippen molar-refractivity contribution < 1.29 is 23.8 Å². The van der Waals surface area contributed by atoms with Crippen LogP contribution in [0.1, 0.15) is 41.0 Å². The summed E-state index contributed by atoms with van der Waals surface area (Å²) in [6.45, 7) is 4.82. The first kappa shape index (κ1) is 21.9. The van der Waals surface area contributed by atoms with Gasteiger partial charge in [-0.2, -0.15) is 0 Å². The van der Waals surface area contributed by atoms with Gasteiger partial charge in [0.15, 0.2) is 22.7 Å². The van der Waals surface area contributed by atoms with Gasteiger partial charge in [-0.25, -0.2) is 0 Å². The monoisotopic (exact) mass is 440 g/mol. The third-order valence-corrected chi connectivity index (χ3v) is 6.48. The van der Waals surface area contributed by atoms with Crippen LogP contribution in [0.25, 0.3) is 0 Å². The lowest BCUT2D eigenvalue weighted by Crippen LogP contribution is -2.52. The summed E-state index contributed by atoms with van der Waals surface area (Å²) < 4.78 is 19.1. The Labute approximate surface area is 186 Å². The number of carbonyl (C=O) groups is 2. The lowest BCUT2D eigenvalue weighted by Gasteiger charge is -2.44. The molecule has 0 bridgehead atoms. The number of hydrogen-bond acceptors (Lipinski definition) is 6. The van der Waals surface area contributed by atoms with Crippen LogP contribution in [-0.2, 0) is 11.3 Å². The van der Waals surface area contributed by atoms with Crippen molar-refractivity contribution >= 4 is 11.7 Å². The van der Waals surface area contributed by atoms with E-state index in [-0.39, 0.29) is 30.1 Å². The molecule has 1 amide bonds. The van der Waals surface area contributed by atoms with Gasteiger partial charge in [0.25, 0.3) is 0 Å². The van der Waals surface area contributed by atoms with E-state index in [1.165, 1.54) is 19.2 Å². The number of carbonyl (C=O) groups excluding carboxylic acids is 2. The van der Waals surface area contributed by atoms with Gasteiger partial charge in [0.05, 0.1) is 26.2 Å². The predicted molar refractivity (Wildman–Crippen MR) is 118 cm³/mol. The SMILES string of the molecule is COc1ccc2c(c1OC)OC1(CCN(C(=O)Cn3c(C)cc(=O)cc3C)CC1)CC2=O. The summed E-state index contributed by atoms with van der Waals surface area (Å²) in [5.41, 5.74) is 1.29. The molecule has 1 saturated heterocycles. The molecule has 2 aliphatic heterocycles. The first-order chi connectivity index (χ1) is 15.3. The van der Waals surface area contributed by atoms with E-state index in [9.17, 15) is 14.4 Å². The highest BCUT2D eigenvalue weighted by Gasteiger charge is 2.45. The van der Waals surface area contributed by atoms with Crippen molar-refractivity contribution in [2.75, 3.05) is 27.3 Å². The van der Waals surface area contributed by atoms with E-state index < -0.39 is 5.60 Å². The van der Waals surface area contributed by atoms with Gasteiger partial charge >= 0.3 is 0 Å². The van der Waals surface area contributed by atoms with Crippen molar-refractivity contribution in [1.82, 2.24) is 9.47 Å². The number of methoxy groups -OCH3 is 2. The van der Waals surface area contributed by atoms with Gasteiger partial charge in [-0.3, -0.25) is 14.4 Å². The number of benzene rings is 1. The van der Waals surface area contributed by atoms with E-state index in [0.717, 1.165) is 11.4 Å². The van der Waals surface area contributed by atoms with Crippen molar-refractivity contribution in [3.63, 3.8) is 0 Å². The molecule has 4 rings (SSSR count). The van der Waals surface area contributed by atoms with E-state index in [1.54, 1.807) is 24.1 Å². The fraction of sp³-hybridized carbons (Fsp3) is 0.458. The molecule has 1 fully saturated rings. The smallest absolute Gasteiger partial charge is 0.242 e. The Morgan fingerprint density at radius 1 is 1.06 bits per heavy atom. The lowest BCUT2D eigenvalue weighted by molar-refractivity contribution is -0.135. The second kappa shape index (κ2) is 8.33. The molecule has 2 aromatic rings. The molecular weight excluding hydrogens is 412 g/mol. The molecule has 0 unspecified atom stereocenters. The summed E-state index contributed by atoms with van der Waals surface area (Å²) >= 11 is 0. The van der Waals surface area contributed by atoms with Crippen LogP contribution in [0.5, 0.6) is 17.2 Å². The molecule has 8 nitrogen and oxygen atoms in total. The standard InChI is InChI=1S/C24H28N2O6/c1-15-11-17(27)12-16(2)26(15)14-21(29)25-9-7-24(8-10-25)13-19(28)18-5-6-20(30-3)23(31-4)22(18)32-24/h5-6,11-12H,7-10,13-14H2,1-4H3. The molecule has 0 aliphatic carbocycles. The molecule has 2 aliphatic rings. The van der Waals surface area contributed by atoms with Gasteiger partial charge in [-0.1, -0.05) is 0 Å². The Bertz CT molecular complexity index is 1100. The van der Waals surface area contributed by atoms with E-state index in [1.807, 2.05) is 18.4 Å². The molecule has 0 atom stereocenters. The third-order valence-electron chi connectivity index (χ3n) is 6.48. The normalized spacial score (nSPS) is 17.0. The summed E-state index contributed by atoms with van der Waals surface area (Å²) in [6.07, 6.45) is 1.37. The van der Waals surface area contributed by atoms with Crippen molar-refractivity contribution in [3.05, 3.63) is 51.4 Å². The van der Waals surface area contributed by atoms with Crippen molar-refractivity contribution in [2.45, 2.75) is 45.3 Å². The molecule has 1 aromatic heterocycles. The minimum atomic E-state index is -0.663. The Kier molecular flexibility index (Phi) is 5.71. The topological polar surface area (TPSA) is 87.1 Å². The van der Waals surface area contributed by atoms with Crippen molar-refractivity contribution in [3.8, 4) is 17.2 Å². The number of pyridine rings is 1. The van der Waals surface area contributed by atoms with Crippen LogP contribution in [0.2, 0.25) is 0 Å². The number of aryl methyl sites for hydroxylation is 2. The second-order valence-electron chi connectivity index (χ2n) is 8.50. The molecule has 8 heteroatoms. The number of aromatic nitrogens is 1.